The first-order valence-corrected chi connectivity index (χ1v) is 44.5. The molecule has 0 fully saturated rings. The summed E-state index contributed by atoms with van der Waals surface area (Å²) in [5.41, 5.74) is 36.3. The molecule has 23 rings (SSSR count). The molecule has 14 aromatic carbocycles. The molecule has 0 radical (unpaired) electrons. The summed E-state index contributed by atoms with van der Waals surface area (Å²) in [6, 6.07) is 103. The van der Waals surface area contributed by atoms with Gasteiger partial charge in [-0.1, -0.05) is 170 Å². The largest absolute Gasteiger partial charge is 0.456 e. The van der Waals surface area contributed by atoms with Gasteiger partial charge in [0.2, 0.25) is 0 Å². The number of aryl methyl sites for hydroxylation is 8. The molecule has 0 N–H and O–H groups in total. The van der Waals surface area contributed by atoms with Gasteiger partial charge in [0.15, 0.2) is 5.58 Å². The van der Waals surface area contributed by atoms with Gasteiger partial charge < -0.3 is 72.1 Å². The van der Waals surface area contributed by atoms with Crippen LogP contribution in [0.2, 0.25) is 0 Å². The first-order chi connectivity index (χ1) is 61.4. The molecule has 9 heterocycles. The van der Waals surface area contributed by atoms with Gasteiger partial charge in [0, 0.05) is 122 Å². The molecule has 0 aliphatic carbocycles. The minimum atomic E-state index is 0.231. The van der Waals surface area contributed by atoms with Gasteiger partial charge in [-0.3, -0.25) is 0 Å². The van der Waals surface area contributed by atoms with Gasteiger partial charge in [-0.05, 0) is 257 Å². The third kappa shape index (κ3) is 14.8. The van der Waals surface area contributed by atoms with E-state index in [1.54, 1.807) is 0 Å². The van der Waals surface area contributed by atoms with Crippen molar-refractivity contribution in [3.05, 3.63) is 348 Å². The van der Waals surface area contributed by atoms with E-state index in [0.29, 0.717) is 18.5 Å². The Kier molecular flexibility index (Phi) is 22.4. The van der Waals surface area contributed by atoms with Crippen LogP contribution in [-0.2, 0) is 0 Å². The van der Waals surface area contributed by atoms with Gasteiger partial charge in [0.1, 0.15) is 64.9 Å². The molecule has 15 nitrogen and oxygen atoms in total. The van der Waals surface area contributed by atoms with Crippen molar-refractivity contribution in [1.82, 2.24) is 4.90 Å². The Morgan fingerprint density at radius 1 is 0.197 bits per heavy atom. The van der Waals surface area contributed by atoms with E-state index in [1.165, 1.54) is 162 Å². The number of hydrogen-bond acceptors (Lipinski definition) is 15. The van der Waals surface area contributed by atoms with Gasteiger partial charge in [-0.25, -0.2) is 0 Å². The summed E-state index contributed by atoms with van der Waals surface area (Å²) >= 11 is 0. The second kappa shape index (κ2) is 34.1. The van der Waals surface area contributed by atoms with Gasteiger partial charge in [-0.2, -0.15) is 0 Å². The Balaban J connectivity index is 0.000000104. The highest BCUT2D eigenvalue weighted by molar-refractivity contribution is 6.12. The summed E-state index contributed by atoms with van der Waals surface area (Å²) in [6.45, 7) is 30.8. The van der Waals surface area contributed by atoms with Gasteiger partial charge in [0.05, 0.1) is 62.6 Å². The van der Waals surface area contributed by atoms with Crippen LogP contribution < -0.4 is 53.9 Å². The topological polar surface area (TPSA) is 78.3 Å². The third-order valence-corrected chi connectivity index (χ3v) is 27.5. The highest BCUT2D eigenvalue weighted by atomic mass is 16.3. The Morgan fingerprint density at radius 3 is 0.961 bits per heavy atom. The summed E-state index contributed by atoms with van der Waals surface area (Å²) in [5, 5.41) is 7.06. The van der Waals surface area contributed by atoms with Crippen LogP contribution in [0.15, 0.2) is 317 Å². The van der Waals surface area contributed by atoms with Crippen LogP contribution in [0, 0.1) is 55.4 Å². The van der Waals surface area contributed by atoms with Crippen LogP contribution in [0.3, 0.4) is 0 Å². The fourth-order valence-corrected chi connectivity index (χ4v) is 19.5. The summed E-state index contributed by atoms with van der Waals surface area (Å²) < 4.78 is 18.5. The maximum absolute atomic E-state index is 6.32. The first-order valence-electron chi connectivity index (χ1n) is 44.5. The Labute approximate surface area is 748 Å². The number of nitrogens with zero attached hydrogens (tertiary/aromatic N) is 12. The molecule has 0 saturated heterocycles. The zero-order valence-corrected chi connectivity index (χ0v) is 76.9. The van der Waals surface area contributed by atoms with Crippen LogP contribution in [0.4, 0.5) is 91.0 Å². The summed E-state index contributed by atoms with van der Waals surface area (Å²) in [7, 11) is 12.9. The van der Waals surface area contributed by atoms with Crippen LogP contribution in [0.5, 0.6) is 0 Å². The van der Waals surface area contributed by atoms with E-state index in [9.17, 15) is 0 Å². The molecule has 0 bridgehead atoms. The molecule has 6 atom stereocenters. The maximum Gasteiger partial charge on any atom is 0.159 e. The zero-order valence-electron chi connectivity index (χ0n) is 76.9. The van der Waals surface area contributed by atoms with Crippen molar-refractivity contribution >= 4 is 157 Å². The average Bonchev–Trinajstić information content (AvgIpc) is 1.57. The predicted molar refractivity (Wildman–Crippen MR) is 539 cm³/mol. The van der Waals surface area contributed by atoms with Gasteiger partial charge in [-0.15, -0.1) is 0 Å². The zero-order chi connectivity index (χ0) is 88.7. The average molecular weight is 1680 g/mol. The lowest BCUT2D eigenvalue weighted by molar-refractivity contribution is 0.383. The van der Waals surface area contributed by atoms with Crippen molar-refractivity contribution in [1.29, 1.82) is 0 Å². The summed E-state index contributed by atoms with van der Waals surface area (Å²) in [6.07, 6.45) is 6.11. The van der Waals surface area contributed by atoms with E-state index in [-0.39, 0.29) is 18.5 Å². The Hall–Kier alpha value is -14.2. The summed E-state index contributed by atoms with van der Waals surface area (Å²) in [4.78, 5) is 28.2. The van der Waals surface area contributed by atoms with Crippen LogP contribution in [0.1, 0.15) is 86.1 Å². The second-order valence-electron chi connectivity index (χ2n) is 35.0. The monoisotopic (exact) mass is 1680 g/mol. The fraction of sp³-hybridized carbons (Fsp3) is 0.232. The maximum atomic E-state index is 6.32. The number of benzene rings is 14. The van der Waals surface area contributed by atoms with Gasteiger partial charge in [0.25, 0.3) is 0 Å². The highest BCUT2D eigenvalue weighted by Gasteiger charge is 2.39. The van der Waals surface area contributed by atoms with E-state index in [1.807, 2.05) is 36.4 Å². The van der Waals surface area contributed by atoms with E-state index < -0.39 is 0 Å². The number of rotatable bonds is 6. The Morgan fingerprint density at radius 2 is 0.520 bits per heavy atom. The molecule has 642 valence electrons. The third-order valence-electron chi connectivity index (χ3n) is 27.5. The molecule has 127 heavy (non-hydrogen) atoms. The van der Waals surface area contributed by atoms with Crippen LogP contribution in [0.25, 0.3) is 65.8 Å². The quantitative estimate of drug-likeness (QED) is 0.158. The lowest BCUT2D eigenvalue weighted by Gasteiger charge is -2.29. The molecule has 6 aliphatic rings. The molecule has 3 aromatic heterocycles. The van der Waals surface area contributed by atoms with E-state index in [2.05, 4.69) is 465 Å². The van der Waals surface area contributed by atoms with E-state index in [0.717, 1.165) is 39.2 Å². The lowest BCUT2D eigenvalue weighted by atomic mass is 10.1. The standard InChI is InChI=1S/3C22H20N2O.C18H22N2.C16H18N2.C12H16N2/c1-14-12-22-17(16-8-4-7-11-21(16)25-22)13-20(14)24-15(2)23(3)18-9-5-6-10-19(18)24;1-14-12-17-16-8-4-7-11-21(16)25-22(17)13-20(14)24-15(2)23(3)18-9-5-6-10-19(18)24;1-14-12-13-17-16-8-4-7-11-20(16)25-22(17)21(14)24-15(2)23(3)18-9-5-6-10-19(18)24;1-12-8-6-7-9-16(12)20-15(4)19(5)17-10-13(2)14(3)11-18(17)20;1-12-8-4-5-9-14(12)18-13(2)17(3)15-10-6-7-11-16(15)18;1-10-6-4-5-7-12(10)14-9-8-13(3)11(14)2/h3*4-13,15H,1-3H3;6-11,15H,1-5H3;4-11,13H,1-3H3;4-9,11H,1-3H3. The fourth-order valence-electron chi connectivity index (χ4n) is 19.5. The molecular weight excluding hydrogens is 1560 g/mol. The highest BCUT2D eigenvalue weighted by Crippen LogP contribution is 2.53. The molecule has 0 saturated carbocycles. The number of anilines is 16. The minimum Gasteiger partial charge on any atom is -0.456 e. The van der Waals surface area contributed by atoms with Crippen molar-refractivity contribution in [2.45, 2.75) is 134 Å². The molecule has 15 heteroatoms. The number of fused-ring (bicyclic) bond motifs is 14. The summed E-state index contributed by atoms with van der Waals surface area (Å²) in [5.74, 6) is 0. The first kappa shape index (κ1) is 83.7. The number of furan rings is 3. The van der Waals surface area contributed by atoms with Crippen LogP contribution in [-0.4, -0.2) is 84.2 Å². The molecule has 6 aliphatic heterocycles. The molecule has 17 aromatic rings. The van der Waals surface area contributed by atoms with Crippen molar-refractivity contribution in [2.24, 2.45) is 0 Å². The molecule has 0 amide bonds. The minimum absolute atomic E-state index is 0.231. The second-order valence-corrected chi connectivity index (χ2v) is 35.0. The predicted octanol–water partition coefficient (Wildman–Crippen LogP) is 28.5. The normalized spacial score (nSPS) is 17.5. The lowest BCUT2D eigenvalue weighted by Crippen LogP contribution is -2.36. The van der Waals surface area contributed by atoms with Gasteiger partial charge >= 0.3 is 0 Å². The Bertz CT molecular complexity index is 7000. The van der Waals surface area contributed by atoms with Crippen LogP contribution >= 0.6 is 0 Å². The van der Waals surface area contributed by atoms with E-state index >= 15 is 0 Å². The molecule has 0 spiro atoms. The van der Waals surface area contributed by atoms with Crippen molar-refractivity contribution < 1.29 is 13.3 Å². The number of hydrogen-bond donors (Lipinski definition) is 0. The van der Waals surface area contributed by atoms with Crippen molar-refractivity contribution in [3.63, 3.8) is 0 Å². The molecule has 6 unspecified atom stereocenters. The number of para-hydroxylation sites is 14. The van der Waals surface area contributed by atoms with Crippen molar-refractivity contribution in [2.75, 3.05) is 96.2 Å². The smallest absolute Gasteiger partial charge is 0.159 e. The van der Waals surface area contributed by atoms with E-state index in [4.69, 9.17) is 13.3 Å². The van der Waals surface area contributed by atoms with Crippen molar-refractivity contribution in [3.8, 4) is 0 Å². The molecular formula is C112H116N12O3. The SMILES string of the molecule is Cc1cc2c(cc1C)N(c1ccccc1C)C(C)N2C.Cc1cc2c(cc1N1c3ccccc3N(C)C1C)oc1ccccc12.Cc1cc2oc3ccccc3c2cc1N1c2ccccc2N(C)C1C.Cc1ccc2c(oc3ccccc32)c1N1c2ccccc2N(C)C1C.Cc1ccccc1N1C=CN(C)C1C.Cc1ccccc1N1c2ccccc2N(C)C1C.